The summed E-state index contributed by atoms with van der Waals surface area (Å²) < 4.78 is 19.2. The molecule has 1 heterocycles. The van der Waals surface area contributed by atoms with Gasteiger partial charge in [0.2, 0.25) is 0 Å². The Morgan fingerprint density at radius 2 is 1.88 bits per heavy atom. The third-order valence-corrected chi connectivity index (χ3v) is 4.82. The Morgan fingerprint density at radius 3 is 2.58 bits per heavy atom. The van der Waals surface area contributed by atoms with Crippen LogP contribution in [0, 0.1) is 5.82 Å². The molecule has 7 heteroatoms. The average Bonchev–Trinajstić information content (AvgIpc) is 3.03. The maximum Gasteiger partial charge on any atom is 0.338 e. The lowest BCUT2D eigenvalue weighted by Crippen LogP contribution is -2.37. The van der Waals surface area contributed by atoms with E-state index in [1.54, 1.807) is 7.05 Å². The number of benzene rings is 2. The summed E-state index contributed by atoms with van der Waals surface area (Å²) in [5.74, 6) is -1.44. The number of nitrogens with zero attached hydrogens (tertiary/aromatic N) is 2. The number of fused-ring (bicyclic) bond motifs is 1. The highest BCUT2D eigenvalue weighted by Crippen LogP contribution is 2.22. The number of thiazole rings is 1. The van der Waals surface area contributed by atoms with Gasteiger partial charge >= 0.3 is 5.97 Å². The molecule has 0 spiro atoms. The molecule has 0 radical (unpaired) electrons. The number of carbonyl (C=O) groups excluding carboxylic acids is 2. The molecule has 0 saturated carbocycles. The van der Waals surface area contributed by atoms with Crippen LogP contribution in [0.15, 0.2) is 48.5 Å². The third kappa shape index (κ3) is 4.05. The van der Waals surface area contributed by atoms with Crippen molar-refractivity contribution in [3.8, 4) is 0 Å². The Labute approximate surface area is 154 Å². The van der Waals surface area contributed by atoms with Crippen molar-refractivity contribution in [3.05, 3.63) is 64.9 Å². The monoisotopic (exact) mass is 372 g/mol. The van der Waals surface area contributed by atoms with Crippen LogP contribution in [-0.2, 0) is 16.1 Å². The van der Waals surface area contributed by atoms with Crippen LogP contribution in [0.1, 0.15) is 22.3 Å². The van der Waals surface area contributed by atoms with E-state index >= 15 is 0 Å². The van der Waals surface area contributed by atoms with Crippen LogP contribution >= 0.6 is 11.3 Å². The van der Waals surface area contributed by atoms with Crippen LogP contribution in [0.3, 0.4) is 0 Å². The van der Waals surface area contributed by atoms with Crippen LogP contribution < -0.4 is 0 Å². The van der Waals surface area contributed by atoms with E-state index in [2.05, 4.69) is 4.98 Å². The molecule has 0 fully saturated rings. The Kier molecular flexibility index (Phi) is 5.27. The highest BCUT2D eigenvalue weighted by molar-refractivity contribution is 7.18. The van der Waals surface area contributed by atoms with Crippen molar-refractivity contribution in [1.29, 1.82) is 0 Å². The second-order valence-corrected chi connectivity index (χ2v) is 6.94. The van der Waals surface area contributed by atoms with Crippen molar-refractivity contribution >= 4 is 33.4 Å². The van der Waals surface area contributed by atoms with E-state index in [0.717, 1.165) is 15.2 Å². The van der Waals surface area contributed by atoms with E-state index in [4.69, 9.17) is 4.74 Å². The summed E-state index contributed by atoms with van der Waals surface area (Å²) >= 11 is 1.52. The summed E-state index contributed by atoms with van der Waals surface area (Å²) in [4.78, 5) is 30.5. The topological polar surface area (TPSA) is 59.5 Å². The molecule has 3 aromatic rings. The number of carbonyl (C=O) groups is 2. The lowest BCUT2D eigenvalue weighted by molar-refractivity contribution is -0.139. The first-order valence-electron chi connectivity index (χ1n) is 8.00. The Hall–Kier alpha value is -2.80. The van der Waals surface area contributed by atoms with E-state index in [1.807, 2.05) is 24.3 Å². The van der Waals surface area contributed by atoms with Gasteiger partial charge in [-0.25, -0.2) is 14.2 Å². The largest absolute Gasteiger partial charge is 0.449 e. The fraction of sp³-hybridized carbons (Fsp3) is 0.211. The molecule has 0 aliphatic rings. The van der Waals surface area contributed by atoms with Crippen LogP contribution in [0.25, 0.3) is 10.2 Å². The lowest BCUT2D eigenvalue weighted by Gasteiger charge is -2.20. The van der Waals surface area contributed by atoms with Gasteiger partial charge in [-0.05, 0) is 43.3 Å². The Balaban J connectivity index is 1.61. The number of likely N-dealkylation sites (N-methyl/N-ethyl adjacent to an activating group) is 1. The molecule has 134 valence electrons. The lowest BCUT2D eigenvalue weighted by atomic mass is 10.2. The van der Waals surface area contributed by atoms with Crippen molar-refractivity contribution in [2.75, 3.05) is 7.05 Å². The van der Waals surface area contributed by atoms with Crippen molar-refractivity contribution in [2.24, 2.45) is 0 Å². The van der Waals surface area contributed by atoms with E-state index < -0.39 is 17.9 Å². The van der Waals surface area contributed by atoms with E-state index in [0.29, 0.717) is 6.54 Å². The molecule has 1 unspecified atom stereocenters. The summed E-state index contributed by atoms with van der Waals surface area (Å²) in [6.45, 7) is 1.84. The zero-order chi connectivity index (χ0) is 18.7. The van der Waals surface area contributed by atoms with Gasteiger partial charge in [-0.2, -0.15) is 0 Å². The number of para-hydroxylation sites is 1. The van der Waals surface area contributed by atoms with Crippen molar-refractivity contribution < 1.29 is 18.7 Å². The summed E-state index contributed by atoms with van der Waals surface area (Å²) in [6.07, 6.45) is -0.952. The molecule has 3 rings (SSSR count). The normalized spacial score (nSPS) is 12.0. The van der Waals surface area contributed by atoms with E-state index in [9.17, 15) is 14.0 Å². The molecule has 1 atom stereocenters. The minimum absolute atomic E-state index is 0.194. The third-order valence-electron chi connectivity index (χ3n) is 3.80. The van der Waals surface area contributed by atoms with Crippen LogP contribution in [-0.4, -0.2) is 34.9 Å². The number of halogens is 1. The number of amides is 1. The minimum atomic E-state index is -0.952. The van der Waals surface area contributed by atoms with Gasteiger partial charge in [-0.1, -0.05) is 12.1 Å². The fourth-order valence-electron chi connectivity index (χ4n) is 2.44. The quantitative estimate of drug-likeness (QED) is 0.642. The molecule has 1 amide bonds. The second-order valence-electron chi connectivity index (χ2n) is 5.82. The van der Waals surface area contributed by atoms with Gasteiger partial charge in [0.15, 0.2) is 6.10 Å². The number of hydrogen-bond acceptors (Lipinski definition) is 5. The molecule has 0 aliphatic heterocycles. The molecule has 0 saturated heterocycles. The fourth-order valence-corrected chi connectivity index (χ4v) is 3.46. The Bertz CT molecular complexity index is 906. The highest BCUT2D eigenvalue weighted by Gasteiger charge is 2.23. The number of esters is 1. The van der Waals surface area contributed by atoms with Gasteiger partial charge in [0.1, 0.15) is 10.8 Å². The maximum absolute atomic E-state index is 12.9. The molecule has 0 aliphatic carbocycles. The van der Waals surface area contributed by atoms with Crippen LogP contribution in [0.4, 0.5) is 4.39 Å². The Morgan fingerprint density at radius 1 is 1.19 bits per heavy atom. The molecule has 0 bridgehead atoms. The van der Waals surface area contributed by atoms with Crippen molar-refractivity contribution in [3.63, 3.8) is 0 Å². The minimum Gasteiger partial charge on any atom is -0.449 e. The van der Waals surface area contributed by atoms with Gasteiger partial charge in [-0.15, -0.1) is 11.3 Å². The predicted octanol–water partition coefficient (Wildman–Crippen LogP) is 3.64. The highest BCUT2D eigenvalue weighted by atomic mass is 32.1. The number of ether oxygens (including phenoxy) is 1. The molecule has 0 N–H and O–H groups in total. The maximum atomic E-state index is 12.9. The molecular formula is C19H17FN2O3S. The summed E-state index contributed by atoms with van der Waals surface area (Å²) in [6, 6.07) is 12.7. The molecule has 5 nitrogen and oxygen atoms in total. The first-order valence-corrected chi connectivity index (χ1v) is 8.81. The van der Waals surface area contributed by atoms with Gasteiger partial charge in [0, 0.05) is 7.05 Å². The van der Waals surface area contributed by atoms with Crippen molar-refractivity contribution in [1.82, 2.24) is 9.88 Å². The van der Waals surface area contributed by atoms with E-state index in [-0.39, 0.29) is 11.5 Å². The second kappa shape index (κ2) is 7.61. The van der Waals surface area contributed by atoms with Gasteiger partial charge < -0.3 is 9.64 Å². The number of hydrogen-bond donors (Lipinski definition) is 0. The summed E-state index contributed by atoms with van der Waals surface area (Å²) in [7, 11) is 1.64. The summed E-state index contributed by atoms with van der Waals surface area (Å²) in [5.41, 5.74) is 1.09. The van der Waals surface area contributed by atoms with Gasteiger partial charge in [-0.3, -0.25) is 4.79 Å². The first-order chi connectivity index (χ1) is 12.4. The van der Waals surface area contributed by atoms with Crippen LogP contribution in [0.2, 0.25) is 0 Å². The molecule has 1 aromatic heterocycles. The van der Waals surface area contributed by atoms with Gasteiger partial charge in [0.25, 0.3) is 5.91 Å². The molecule has 26 heavy (non-hydrogen) atoms. The molecule has 2 aromatic carbocycles. The number of aromatic nitrogens is 1. The average molecular weight is 372 g/mol. The predicted molar refractivity (Wildman–Crippen MR) is 97.4 cm³/mol. The standard InChI is InChI=1S/C19H17FN2O3S/c1-12(25-19(24)13-7-9-14(20)10-8-13)18(23)22(2)11-17-21-15-5-3-4-6-16(15)26-17/h3-10,12H,11H2,1-2H3. The number of rotatable bonds is 5. The summed E-state index contributed by atoms with van der Waals surface area (Å²) in [5, 5.41) is 0.805. The molecular weight excluding hydrogens is 355 g/mol. The van der Waals surface area contributed by atoms with Crippen LogP contribution in [0.5, 0.6) is 0 Å². The van der Waals surface area contributed by atoms with Crippen molar-refractivity contribution in [2.45, 2.75) is 19.6 Å². The SMILES string of the molecule is CC(OC(=O)c1ccc(F)cc1)C(=O)N(C)Cc1nc2ccccc2s1. The first kappa shape index (κ1) is 18.0. The van der Waals surface area contributed by atoms with Gasteiger partial charge in [0.05, 0.1) is 22.3 Å². The van der Waals surface area contributed by atoms with E-state index in [1.165, 1.54) is 47.4 Å². The zero-order valence-electron chi connectivity index (χ0n) is 14.3. The zero-order valence-corrected chi connectivity index (χ0v) is 15.1. The smallest absolute Gasteiger partial charge is 0.338 e.